The Morgan fingerprint density at radius 1 is 1.33 bits per heavy atom. The SMILES string of the molecule is ClC1CCC(CNCc2ccsc2)CC1. The summed E-state index contributed by atoms with van der Waals surface area (Å²) in [6.07, 6.45) is 4.99. The molecule has 1 aromatic heterocycles. The Bertz CT molecular complexity index is 265. The number of nitrogens with one attached hydrogen (secondary N) is 1. The summed E-state index contributed by atoms with van der Waals surface area (Å²) in [5, 5.41) is 8.32. The Morgan fingerprint density at radius 3 is 2.80 bits per heavy atom. The third kappa shape index (κ3) is 3.78. The average Bonchev–Trinajstić information content (AvgIpc) is 2.74. The van der Waals surface area contributed by atoms with Crippen molar-refractivity contribution in [1.82, 2.24) is 5.32 Å². The van der Waals surface area contributed by atoms with Gasteiger partial charge in [0.1, 0.15) is 0 Å². The van der Waals surface area contributed by atoms with Gasteiger partial charge < -0.3 is 5.32 Å². The highest BCUT2D eigenvalue weighted by molar-refractivity contribution is 7.07. The number of hydrogen-bond acceptors (Lipinski definition) is 2. The lowest BCUT2D eigenvalue weighted by Crippen LogP contribution is -2.26. The zero-order chi connectivity index (χ0) is 10.5. The van der Waals surface area contributed by atoms with E-state index in [9.17, 15) is 0 Å². The Hall–Kier alpha value is -0.0500. The normalized spacial score (nSPS) is 26.7. The van der Waals surface area contributed by atoms with Gasteiger partial charge in [0.25, 0.3) is 0 Å². The second-order valence-corrected chi connectivity index (χ2v) is 5.78. The molecule has 15 heavy (non-hydrogen) atoms. The van der Waals surface area contributed by atoms with E-state index in [1.807, 2.05) is 0 Å². The maximum atomic E-state index is 6.08. The van der Waals surface area contributed by atoms with Crippen molar-refractivity contribution < 1.29 is 0 Å². The maximum Gasteiger partial charge on any atom is 0.0336 e. The minimum Gasteiger partial charge on any atom is -0.312 e. The molecule has 1 nitrogen and oxygen atoms in total. The summed E-state index contributed by atoms with van der Waals surface area (Å²) in [6, 6.07) is 2.19. The molecular weight excluding hydrogens is 226 g/mol. The quantitative estimate of drug-likeness (QED) is 0.797. The van der Waals surface area contributed by atoms with Crippen LogP contribution in [0.5, 0.6) is 0 Å². The zero-order valence-electron chi connectivity index (χ0n) is 8.92. The van der Waals surface area contributed by atoms with Gasteiger partial charge in [-0.1, -0.05) is 0 Å². The van der Waals surface area contributed by atoms with Crippen LogP contribution in [-0.4, -0.2) is 11.9 Å². The van der Waals surface area contributed by atoms with Gasteiger partial charge >= 0.3 is 0 Å². The summed E-state index contributed by atoms with van der Waals surface area (Å²) in [6.45, 7) is 2.17. The Kier molecular flexibility index (Phi) is 4.48. The fourth-order valence-electron chi connectivity index (χ4n) is 2.14. The van der Waals surface area contributed by atoms with Gasteiger partial charge in [-0.2, -0.15) is 11.3 Å². The van der Waals surface area contributed by atoms with Crippen LogP contribution in [0, 0.1) is 5.92 Å². The fraction of sp³-hybridized carbons (Fsp3) is 0.667. The molecule has 1 aliphatic carbocycles. The molecular formula is C12H18ClNS. The molecule has 0 aromatic carbocycles. The average molecular weight is 244 g/mol. The van der Waals surface area contributed by atoms with Gasteiger partial charge in [0.05, 0.1) is 0 Å². The smallest absolute Gasteiger partial charge is 0.0336 e. The lowest BCUT2D eigenvalue weighted by Gasteiger charge is -2.25. The van der Waals surface area contributed by atoms with Gasteiger partial charge in [-0.25, -0.2) is 0 Å². The monoisotopic (exact) mass is 243 g/mol. The largest absolute Gasteiger partial charge is 0.312 e. The molecule has 3 heteroatoms. The molecule has 0 amide bonds. The number of thiophene rings is 1. The first-order valence-corrected chi connectivity index (χ1v) is 7.08. The molecule has 0 bridgehead atoms. The third-order valence-electron chi connectivity index (χ3n) is 3.12. The number of halogens is 1. The van der Waals surface area contributed by atoms with Crippen molar-refractivity contribution in [2.75, 3.05) is 6.54 Å². The van der Waals surface area contributed by atoms with Gasteiger partial charge in [-0.05, 0) is 60.5 Å². The van der Waals surface area contributed by atoms with Gasteiger partial charge in [-0.15, -0.1) is 11.6 Å². The van der Waals surface area contributed by atoms with Crippen LogP contribution in [0.4, 0.5) is 0 Å². The van der Waals surface area contributed by atoms with Gasteiger partial charge in [0.2, 0.25) is 0 Å². The summed E-state index contributed by atoms with van der Waals surface area (Å²) in [4.78, 5) is 0. The summed E-state index contributed by atoms with van der Waals surface area (Å²) >= 11 is 7.85. The summed E-state index contributed by atoms with van der Waals surface area (Å²) in [7, 11) is 0. The highest BCUT2D eigenvalue weighted by Crippen LogP contribution is 2.26. The van der Waals surface area contributed by atoms with Crippen molar-refractivity contribution in [2.24, 2.45) is 5.92 Å². The van der Waals surface area contributed by atoms with Crippen LogP contribution in [-0.2, 0) is 6.54 Å². The van der Waals surface area contributed by atoms with E-state index in [4.69, 9.17) is 11.6 Å². The standard InChI is InChI=1S/C12H18ClNS/c13-12-3-1-10(2-4-12)7-14-8-11-5-6-15-9-11/h5-6,9-10,12,14H,1-4,7-8H2. The van der Waals surface area contributed by atoms with Gasteiger partial charge in [0.15, 0.2) is 0 Å². The first-order chi connectivity index (χ1) is 7.34. The van der Waals surface area contributed by atoms with Crippen molar-refractivity contribution in [2.45, 2.75) is 37.6 Å². The van der Waals surface area contributed by atoms with Crippen LogP contribution in [0.3, 0.4) is 0 Å². The van der Waals surface area contributed by atoms with Crippen molar-refractivity contribution in [3.8, 4) is 0 Å². The molecule has 2 rings (SSSR count). The van der Waals surface area contributed by atoms with Crippen LogP contribution >= 0.6 is 22.9 Å². The van der Waals surface area contributed by atoms with E-state index in [0.29, 0.717) is 5.38 Å². The lowest BCUT2D eigenvalue weighted by atomic mass is 9.89. The second kappa shape index (κ2) is 5.88. The van der Waals surface area contributed by atoms with E-state index in [2.05, 4.69) is 22.1 Å². The van der Waals surface area contributed by atoms with Crippen LogP contribution in [0.25, 0.3) is 0 Å². The molecule has 1 saturated carbocycles. The molecule has 0 atom stereocenters. The van der Waals surface area contributed by atoms with Crippen molar-refractivity contribution in [1.29, 1.82) is 0 Å². The maximum absolute atomic E-state index is 6.08. The topological polar surface area (TPSA) is 12.0 Å². The molecule has 0 saturated heterocycles. The first-order valence-electron chi connectivity index (χ1n) is 5.70. The van der Waals surface area contributed by atoms with E-state index < -0.39 is 0 Å². The molecule has 1 heterocycles. The number of hydrogen-bond donors (Lipinski definition) is 1. The zero-order valence-corrected chi connectivity index (χ0v) is 10.5. The summed E-state index contributed by atoms with van der Waals surface area (Å²) in [5.41, 5.74) is 1.41. The van der Waals surface area contributed by atoms with Crippen LogP contribution in [0.2, 0.25) is 0 Å². The molecule has 1 aromatic rings. The number of rotatable bonds is 4. The second-order valence-electron chi connectivity index (χ2n) is 4.38. The Balaban J connectivity index is 1.62. The molecule has 1 fully saturated rings. The molecule has 1 aliphatic rings. The highest BCUT2D eigenvalue weighted by atomic mass is 35.5. The highest BCUT2D eigenvalue weighted by Gasteiger charge is 2.18. The van der Waals surface area contributed by atoms with E-state index in [1.54, 1.807) is 11.3 Å². The fourth-order valence-corrected chi connectivity index (χ4v) is 3.06. The third-order valence-corrected chi connectivity index (χ3v) is 4.29. The predicted octanol–water partition coefficient (Wildman–Crippen LogP) is 3.64. The molecule has 84 valence electrons. The molecule has 1 N–H and O–H groups in total. The first kappa shape index (κ1) is 11.4. The molecule has 0 unspecified atom stereocenters. The van der Waals surface area contributed by atoms with Crippen LogP contribution in [0.15, 0.2) is 16.8 Å². The van der Waals surface area contributed by atoms with E-state index in [0.717, 1.165) is 19.0 Å². The van der Waals surface area contributed by atoms with Crippen molar-refractivity contribution in [3.05, 3.63) is 22.4 Å². The van der Waals surface area contributed by atoms with Crippen LogP contribution < -0.4 is 5.32 Å². The minimum absolute atomic E-state index is 0.443. The van der Waals surface area contributed by atoms with Crippen molar-refractivity contribution >= 4 is 22.9 Å². The van der Waals surface area contributed by atoms with Crippen LogP contribution in [0.1, 0.15) is 31.2 Å². The number of alkyl halides is 1. The van der Waals surface area contributed by atoms with Gasteiger partial charge in [-0.3, -0.25) is 0 Å². The van der Waals surface area contributed by atoms with Crippen molar-refractivity contribution in [3.63, 3.8) is 0 Å². The van der Waals surface area contributed by atoms with E-state index >= 15 is 0 Å². The Morgan fingerprint density at radius 2 is 2.13 bits per heavy atom. The summed E-state index contributed by atoms with van der Waals surface area (Å²) in [5.74, 6) is 0.846. The lowest BCUT2D eigenvalue weighted by molar-refractivity contribution is 0.345. The predicted molar refractivity (Wildman–Crippen MR) is 67.6 cm³/mol. The summed E-state index contributed by atoms with van der Waals surface area (Å²) < 4.78 is 0. The van der Waals surface area contributed by atoms with Gasteiger partial charge in [0, 0.05) is 11.9 Å². The molecule has 0 aliphatic heterocycles. The Labute approximate surface area is 101 Å². The van der Waals surface area contributed by atoms with E-state index in [-0.39, 0.29) is 0 Å². The van der Waals surface area contributed by atoms with E-state index in [1.165, 1.54) is 31.2 Å². The minimum atomic E-state index is 0.443. The molecule has 0 radical (unpaired) electrons. The molecule has 0 spiro atoms.